The minimum absolute atomic E-state index is 0.0860. The van der Waals surface area contributed by atoms with Crippen LogP contribution in [0.4, 0.5) is 0 Å². The highest BCUT2D eigenvalue weighted by Gasteiger charge is 2.09. The Morgan fingerprint density at radius 1 is 1.07 bits per heavy atom. The molecule has 0 aromatic heterocycles. The Kier molecular flexibility index (Phi) is 7.23. The van der Waals surface area contributed by atoms with Crippen LogP contribution < -0.4 is 0 Å². The largest absolute Gasteiger partial charge is 0.466 e. The Labute approximate surface area is 88.7 Å². The Balaban J connectivity index is 3.49. The lowest BCUT2D eigenvalue weighted by molar-refractivity contribution is -0.160. The summed E-state index contributed by atoms with van der Waals surface area (Å²) in [7, 11) is 0. The van der Waals surface area contributed by atoms with E-state index in [1.165, 1.54) is 6.92 Å². The molecular formula is C10H16O5. The summed E-state index contributed by atoms with van der Waals surface area (Å²) in [6.45, 7) is 3.29. The fourth-order valence-electron chi connectivity index (χ4n) is 0.866. The first kappa shape index (κ1) is 13.6. The molecule has 86 valence electrons. The number of hydrogen-bond acceptors (Lipinski definition) is 5. The minimum atomic E-state index is -0.569. The van der Waals surface area contributed by atoms with Crippen LogP contribution in [-0.4, -0.2) is 24.5 Å². The van der Waals surface area contributed by atoms with Crippen LogP contribution in [0, 0.1) is 0 Å². The van der Waals surface area contributed by atoms with Crippen LogP contribution in [0.1, 0.15) is 39.5 Å². The van der Waals surface area contributed by atoms with Crippen LogP contribution >= 0.6 is 0 Å². The molecule has 5 nitrogen and oxygen atoms in total. The van der Waals surface area contributed by atoms with Gasteiger partial charge in [0.15, 0.2) is 0 Å². The van der Waals surface area contributed by atoms with Crippen LogP contribution in [0.3, 0.4) is 0 Å². The van der Waals surface area contributed by atoms with Crippen molar-refractivity contribution < 1.29 is 23.9 Å². The topological polar surface area (TPSA) is 69.7 Å². The Morgan fingerprint density at radius 2 is 1.67 bits per heavy atom. The number of ether oxygens (including phenoxy) is 2. The number of rotatable bonds is 6. The average Bonchev–Trinajstić information content (AvgIpc) is 2.12. The van der Waals surface area contributed by atoms with E-state index in [0.717, 1.165) is 0 Å². The molecule has 0 amide bonds. The predicted octanol–water partition coefficient (Wildman–Crippen LogP) is 1.20. The monoisotopic (exact) mass is 216 g/mol. The van der Waals surface area contributed by atoms with Gasteiger partial charge in [-0.1, -0.05) is 6.92 Å². The molecule has 0 aromatic rings. The second kappa shape index (κ2) is 7.96. The summed E-state index contributed by atoms with van der Waals surface area (Å²) < 4.78 is 9.09. The van der Waals surface area contributed by atoms with E-state index >= 15 is 0 Å². The van der Waals surface area contributed by atoms with Crippen molar-refractivity contribution in [1.29, 1.82) is 0 Å². The molecule has 0 radical (unpaired) electrons. The summed E-state index contributed by atoms with van der Waals surface area (Å²) >= 11 is 0. The summed E-state index contributed by atoms with van der Waals surface area (Å²) in [6, 6.07) is 0. The molecule has 0 heterocycles. The lowest BCUT2D eigenvalue weighted by Crippen LogP contribution is -2.12. The second-order valence-electron chi connectivity index (χ2n) is 3.04. The highest BCUT2D eigenvalue weighted by atomic mass is 16.6. The smallest absolute Gasteiger partial charge is 0.313 e. The highest BCUT2D eigenvalue weighted by molar-refractivity contribution is 5.85. The zero-order chi connectivity index (χ0) is 11.7. The molecule has 0 fully saturated rings. The van der Waals surface area contributed by atoms with Gasteiger partial charge in [-0.05, 0) is 12.8 Å². The van der Waals surface area contributed by atoms with E-state index in [1.807, 2.05) is 6.92 Å². The molecule has 0 aromatic carbocycles. The molecule has 0 bridgehead atoms. The third kappa shape index (κ3) is 8.93. The number of hydrogen-bond donors (Lipinski definition) is 0. The molecule has 0 rings (SSSR count). The van der Waals surface area contributed by atoms with Gasteiger partial charge in [-0.25, -0.2) is 0 Å². The van der Waals surface area contributed by atoms with E-state index < -0.39 is 11.9 Å². The van der Waals surface area contributed by atoms with Crippen molar-refractivity contribution in [2.24, 2.45) is 0 Å². The maximum absolute atomic E-state index is 11.0. The van der Waals surface area contributed by atoms with Gasteiger partial charge in [0.1, 0.15) is 0 Å². The fourth-order valence-corrected chi connectivity index (χ4v) is 0.866. The molecule has 0 saturated carbocycles. The fraction of sp³-hybridized carbons (Fsp3) is 0.700. The third-order valence-corrected chi connectivity index (χ3v) is 1.51. The Hall–Kier alpha value is -1.39. The standard InChI is InChI=1S/C10H16O5/c1-3-5-9(12)15-10(13)6-4-7-14-8(2)11/h3-7H2,1-2H3. The van der Waals surface area contributed by atoms with E-state index in [2.05, 4.69) is 9.47 Å². The first-order valence-electron chi connectivity index (χ1n) is 4.93. The maximum Gasteiger partial charge on any atom is 0.313 e. The van der Waals surface area contributed by atoms with E-state index in [-0.39, 0.29) is 25.4 Å². The summed E-state index contributed by atoms with van der Waals surface area (Å²) in [5.74, 6) is -1.46. The van der Waals surface area contributed by atoms with Crippen molar-refractivity contribution in [3.63, 3.8) is 0 Å². The maximum atomic E-state index is 11.0. The van der Waals surface area contributed by atoms with Gasteiger partial charge in [0.25, 0.3) is 0 Å². The zero-order valence-corrected chi connectivity index (χ0v) is 9.08. The average molecular weight is 216 g/mol. The van der Waals surface area contributed by atoms with E-state index in [0.29, 0.717) is 12.8 Å². The predicted molar refractivity (Wildman–Crippen MR) is 51.9 cm³/mol. The van der Waals surface area contributed by atoms with Crippen LogP contribution in [0.15, 0.2) is 0 Å². The highest BCUT2D eigenvalue weighted by Crippen LogP contribution is 1.97. The number of esters is 3. The lowest BCUT2D eigenvalue weighted by atomic mass is 10.3. The molecule has 0 unspecified atom stereocenters. The molecule has 5 heteroatoms. The van der Waals surface area contributed by atoms with Gasteiger partial charge in [-0.2, -0.15) is 0 Å². The van der Waals surface area contributed by atoms with E-state index in [1.54, 1.807) is 0 Å². The normalized spacial score (nSPS) is 9.47. The zero-order valence-electron chi connectivity index (χ0n) is 9.08. The van der Waals surface area contributed by atoms with Gasteiger partial charge in [-0.3, -0.25) is 14.4 Å². The molecule has 0 atom stereocenters. The van der Waals surface area contributed by atoms with Gasteiger partial charge in [-0.15, -0.1) is 0 Å². The second-order valence-corrected chi connectivity index (χ2v) is 3.04. The van der Waals surface area contributed by atoms with Crippen molar-refractivity contribution in [3.05, 3.63) is 0 Å². The molecule has 0 N–H and O–H groups in total. The SMILES string of the molecule is CCCC(=O)OC(=O)CCCOC(C)=O. The van der Waals surface area contributed by atoms with Crippen molar-refractivity contribution >= 4 is 17.9 Å². The van der Waals surface area contributed by atoms with Crippen molar-refractivity contribution in [2.75, 3.05) is 6.61 Å². The lowest BCUT2D eigenvalue weighted by Gasteiger charge is -2.02. The van der Waals surface area contributed by atoms with Crippen molar-refractivity contribution in [2.45, 2.75) is 39.5 Å². The van der Waals surface area contributed by atoms with Gasteiger partial charge >= 0.3 is 17.9 Å². The minimum Gasteiger partial charge on any atom is -0.466 e. The molecule has 0 aliphatic carbocycles. The van der Waals surface area contributed by atoms with Crippen LogP contribution in [0.2, 0.25) is 0 Å². The number of carbonyl (C=O) groups excluding carboxylic acids is 3. The van der Waals surface area contributed by atoms with Crippen LogP contribution in [0.25, 0.3) is 0 Å². The molecule has 0 aliphatic heterocycles. The molecule has 15 heavy (non-hydrogen) atoms. The first-order chi connectivity index (χ1) is 7.06. The van der Waals surface area contributed by atoms with Crippen LogP contribution in [0.5, 0.6) is 0 Å². The third-order valence-electron chi connectivity index (χ3n) is 1.51. The van der Waals surface area contributed by atoms with Crippen molar-refractivity contribution in [1.82, 2.24) is 0 Å². The quantitative estimate of drug-likeness (QED) is 0.379. The van der Waals surface area contributed by atoms with E-state index in [9.17, 15) is 14.4 Å². The van der Waals surface area contributed by atoms with Gasteiger partial charge in [0.2, 0.25) is 0 Å². The van der Waals surface area contributed by atoms with E-state index in [4.69, 9.17) is 0 Å². The summed E-state index contributed by atoms with van der Waals surface area (Å²) in [5.41, 5.74) is 0. The van der Waals surface area contributed by atoms with Gasteiger partial charge in [0.05, 0.1) is 6.61 Å². The first-order valence-corrected chi connectivity index (χ1v) is 4.93. The molecular weight excluding hydrogens is 200 g/mol. The van der Waals surface area contributed by atoms with Gasteiger partial charge in [0, 0.05) is 19.8 Å². The Bertz CT molecular complexity index is 234. The summed E-state index contributed by atoms with van der Waals surface area (Å²) in [4.78, 5) is 32.2. The van der Waals surface area contributed by atoms with Crippen molar-refractivity contribution in [3.8, 4) is 0 Å². The summed E-state index contributed by atoms with van der Waals surface area (Å²) in [6.07, 6.45) is 1.36. The molecule has 0 spiro atoms. The van der Waals surface area contributed by atoms with Gasteiger partial charge < -0.3 is 9.47 Å². The Morgan fingerprint density at radius 3 is 2.20 bits per heavy atom. The van der Waals surface area contributed by atoms with Crippen LogP contribution in [-0.2, 0) is 23.9 Å². The molecule has 0 saturated heterocycles. The molecule has 0 aliphatic rings. The number of carbonyl (C=O) groups is 3. The summed E-state index contributed by atoms with van der Waals surface area (Å²) in [5, 5.41) is 0.